The SMILES string of the molecule is O=C(c1cncc(F)c1)N1CCCC1CO. The molecule has 0 bridgehead atoms. The molecule has 1 fully saturated rings. The van der Waals surface area contributed by atoms with Gasteiger partial charge in [-0.15, -0.1) is 0 Å². The van der Waals surface area contributed by atoms with Gasteiger partial charge >= 0.3 is 0 Å². The van der Waals surface area contributed by atoms with Crippen molar-refractivity contribution in [2.45, 2.75) is 18.9 Å². The predicted molar refractivity (Wildman–Crippen MR) is 55.3 cm³/mol. The number of likely N-dealkylation sites (tertiary alicyclic amines) is 1. The van der Waals surface area contributed by atoms with Crippen LogP contribution in [0.5, 0.6) is 0 Å². The number of aliphatic hydroxyl groups excluding tert-OH is 1. The van der Waals surface area contributed by atoms with Crippen molar-refractivity contribution in [2.24, 2.45) is 0 Å². The van der Waals surface area contributed by atoms with E-state index in [1.807, 2.05) is 0 Å². The molecule has 0 aliphatic carbocycles. The van der Waals surface area contributed by atoms with Gasteiger partial charge in [-0.1, -0.05) is 0 Å². The highest BCUT2D eigenvalue weighted by molar-refractivity contribution is 5.94. The molecule has 4 nitrogen and oxygen atoms in total. The Morgan fingerprint density at radius 1 is 1.62 bits per heavy atom. The minimum absolute atomic E-state index is 0.0471. The smallest absolute Gasteiger partial charge is 0.255 e. The topological polar surface area (TPSA) is 53.4 Å². The van der Waals surface area contributed by atoms with Crippen molar-refractivity contribution in [3.05, 3.63) is 29.8 Å². The Bertz CT molecular complexity index is 397. The standard InChI is InChI=1S/C11H13FN2O2/c12-9-4-8(5-13-6-9)11(16)14-3-1-2-10(14)7-15/h4-6,10,15H,1-3,7H2. The fraction of sp³-hybridized carbons (Fsp3) is 0.455. The highest BCUT2D eigenvalue weighted by Gasteiger charge is 2.28. The van der Waals surface area contributed by atoms with Gasteiger partial charge in [-0.2, -0.15) is 0 Å². The van der Waals surface area contributed by atoms with Crippen molar-refractivity contribution < 1.29 is 14.3 Å². The van der Waals surface area contributed by atoms with Crippen molar-refractivity contribution in [2.75, 3.05) is 13.2 Å². The minimum atomic E-state index is -0.523. The lowest BCUT2D eigenvalue weighted by molar-refractivity contribution is 0.0676. The van der Waals surface area contributed by atoms with E-state index in [0.717, 1.165) is 19.0 Å². The molecule has 1 aliphatic heterocycles. The first-order valence-electron chi connectivity index (χ1n) is 5.24. The number of amides is 1. The van der Waals surface area contributed by atoms with Crippen LogP contribution in [0.1, 0.15) is 23.2 Å². The molecule has 0 spiro atoms. The Morgan fingerprint density at radius 3 is 3.12 bits per heavy atom. The number of rotatable bonds is 2. The zero-order chi connectivity index (χ0) is 11.5. The second-order valence-corrected chi connectivity index (χ2v) is 3.87. The van der Waals surface area contributed by atoms with Crippen molar-refractivity contribution >= 4 is 5.91 Å². The largest absolute Gasteiger partial charge is 0.394 e. The zero-order valence-corrected chi connectivity index (χ0v) is 8.77. The van der Waals surface area contributed by atoms with Crippen LogP contribution in [-0.2, 0) is 0 Å². The summed E-state index contributed by atoms with van der Waals surface area (Å²) < 4.78 is 12.9. The molecule has 1 N–H and O–H groups in total. The zero-order valence-electron chi connectivity index (χ0n) is 8.77. The Hall–Kier alpha value is -1.49. The summed E-state index contributed by atoms with van der Waals surface area (Å²) in [5.41, 5.74) is 0.236. The first kappa shape index (κ1) is 11.0. The van der Waals surface area contributed by atoms with Gasteiger partial charge in [0.15, 0.2) is 0 Å². The summed E-state index contributed by atoms with van der Waals surface area (Å²) in [5, 5.41) is 9.10. The molecule has 1 aromatic rings. The molecule has 0 saturated carbocycles. The number of nitrogens with zero attached hydrogens (tertiary/aromatic N) is 2. The number of aliphatic hydroxyl groups is 1. The molecule has 1 atom stereocenters. The molecule has 1 aliphatic rings. The molecule has 0 radical (unpaired) electrons. The van der Waals surface area contributed by atoms with Gasteiger partial charge in [-0.25, -0.2) is 4.39 Å². The van der Waals surface area contributed by atoms with Gasteiger partial charge in [-0.05, 0) is 18.9 Å². The first-order chi connectivity index (χ1) is 7.72. The predicted octanol–water partition coefficient (Wildman–Crippen LogP) is 0.818. The molecule has 1 unspecified atom stereocenters. The van der Waals surface area contributed by atoms with Crippen LogP contribution in [0.4, 0.5) is 4.39 Å². The van der Waals surface area contributed by atoms with E-state index in [1.165, 1.54) is 12.3 Å². The fourth-order valence-corrected chi connectivity index (χ4v) is 1.99. The van der Waals surface area contributed by atoms with Crippen LogP contribution < -0.4 is 0 Å². The maximum absolute atomic E-state index is 12.9. The van der Waals surface area contributed by atoms with Crippen LogP contribution in [0.15, 0.2) is 18.5 Å². The molecule has 1 saturated heterocycles. The summed E-state index contributed by atoms with van der Waals surface area (Å²) >= 11 is 0. The van der Waals surface area contributed by atoms with Crippen molar-refractivity contribution in [3.63, 3.8) is 0 Å². The second kappa shape index (κ2) is 4.57. The van der Waals surface area contributed by atoms with Crippen LogP contribution in [0.25, 0.3) is 0 Å². The van der Waals surface area contributed by atoms with E-state index in [-0.39, 0.29) is 24.1 Å². The molecule has 16 heavy (non-hydrogen) atoms. The van der Waals surface area contributed by atoms with E-state index in [9.17, 15) is 9.18 Å². The molecule has 2 heterocycles. The van der Waals surface area contributed by atoms with Crippen molar-refractivity contribution in [3.8, 4) is 0 Å². The maximum Gasteiger partial charge on any atom is 0.255 e. The molecular weight excluding hydrogens is 211 g/mol. The lowest BCUT2D eigenvalue weighted by Gasteiger charge is -2.22. The number of carbonyl (C=O) groups excluding carboxylic acids is 1. The summed E-state index contributed by atoms with van der Waals surface area (Å²) in [6, 6.07) is 1.03. The van der Waals surface area contributed by atoms with Crippen molar-refractivity contribution in [1.29, 1.82) is 0 Å². The lowest BCUT2D eigenvalue weighted by atomic mass is 10.2. The first-order valence-corrected chi connectivity index (χ1v) is 5.24. The molecule has 2 rings (SSSR count). The average Bonchev–Trinajstić information content (AvgIpc) is 2.76. The van der Waals surface area contributed by atoms with Gasteiger partial charge in [0.05, 0.1) is 24.4 Å². The molecule has 1 aromatic heterocycles. The number of hydrogen-bond acceptors (Lipinski definition) is 3. The third-order valence-corrected chi connectivity index (χ3v) is 2.80. The summed E-state index contributed by atoms with van der Waals surface area (Å²) in [7, 11) is 0. The van der Waals surface area contributed by atoms with E-state index < -0.39 is 5.82 Å². The van der Waals surface area contributed by atoms with E-state index >= 15 is 0 Å². The molecule has 1 amide bonds. The highest BCUT2D eigenvalue weighted by Crippen LogP contribution is 2.19. The van der Waals surface area contributed by atoms with E-state index in [1.54, 1.807) is 4.90 Å². The molecule has 0 aromatic carbocycles. The van der Waals surface area contributed by atoms with Gasteiger partial charge in [0.2, 0.25) is 0 Å². The van der Waals surface area contributed by atoms with E-state index in [2.05, 4.69) is 4.98 Å². The second-order valence-electron chi connectivity index (χ2n) is 3.87. The third-order valence-electron chi connectivity index (χ3n) is 2.80. The number of hydrogen-bond donors (Lipinski definition) is 1. The highest BCUT2D eigenvalue weighted by atomic mass is 19.1. The Kier molecular flexibility index (Phi) is 3.14. The Labute approximate surface area is 92.7 Å². The normalized spacial score (nSPS) is 20.1. The van der Waals surface area contributed by atoms with Crippen LogP contribution in [0.2, 0.25) is 0 Å². The van der Waals surface area contributed by atoms with Crippen LogP contribution >= 0.6 is 0 Å². The van der Waals surface area contributed by atoms with E-state index in [4.69, 9.17) is 5.11 Å². The summed E-state index contributed by atoms with van der Waals surface area (Å²) in [6.07, 6.45) is 4.08. The van der Waals surface area contributed by atoms with Gasteiger partial charge in [-0.3, -0.25) is 9.78 Å². The minimum Gasteiger partial charge on any atom is -0.394 e. The van der Waals surface area contributed by atoms with E-state index in [0.29, 0.717) is 6.54 Å². The molecular formula is C11H13FN2O2. The Morgan fingerprint density at radius 2 is 2.44 bits per heavy atom. The van der Waals surface area contributed by atoms with Gasteiger partial charge < -0.3 is 10.0 Å². The van der Waals surface area contributed by atoms with Crippen molar-refractivity contribution in [1.82, 2.24) is 9.88 Å². The quantitative estimate of drug-likeness (QED) is 0.809. The number of pyridine rings is 1. The van der Waals surface area contributed by atoms with Gasteiger partial charge in [0, 0.05) is 12.7 Å². The monoisotopic (exact) mass is 224 g/mol. The maximum atomic E-state index is 12.9. The number of carbonyl (C=O) groups is 1. The summed E-state index contributed by atoms with van der Waals surface area (Å²) in [5.74, 6) is -0.783. The lowest BCUT2D eigenvalue weighted by Crippen LogP contribution is -2.37. The van der Waals surface area contributed by atoms with Crippen LogP contribution in [0.3, 0.4) is 0 Å². The molecule has 5 heteroatoms. The summed E-state index contributed by atoms with van der Waals surface area (Å²) in [4.78, 5) is 17.2. The molecule has 86 valence electrons. The fourth-order valence-electron chi connectivity index (χ4n) is 1.99. The average molecular weight is 224 g/mol. The van der Waals surface area contributed by atoms with Crippen LogP contribution in [0, 0.1) is 5.82 Å². The third kappa shape index (κ3) is 2.04. The van der Waals surface area contributed by atoms with Gasteiger partial charge in [0.1, 0.15) is 5.82 Å². The Balaban J connectivity index is 2.18. The number of halogens is 1. The van der Waals surface area contributed by atoms with Crippen LogP contribution in [-0.4, -0.2) is 40.1 Å². The number of aromatic nitrogens is 1. The summed E-state index contributed by atoms with van der Waals surface area (Å²) in [6.45, 7) is 0.565. The van der Waals surface area contributed by atoms with Gasteiger partial charge in [0.25, 0.3) is 5.91 Å².